The maximum absolute atomic E-state index is 12.3. The lowest BCUT2D eigenvalue weighted by Gasteiger charge is -2.31. The Kier molecular flexibility index (Phi) is 6.37. The number of carbonyl (C=O) groups is 2. The van der Waals surface area contributed by atoms with E-state index in [1.807, 2.05) is 18.2 Å². The van der Waals surface area contributed by atoms with Gasteiger partial charge in [-0.05, 0) is 26.3 Å². The van der Waals surface area contributed by atoms with Gasteiger partial charge in [0.05, 0.1) is 0 Å². The van der Waals surface area contributed by atoms with Gasteiger partial charge in [-0.25, -0.2) is 9.59 Å². The van der Waals surface area contributed by atoms with E-state index in [1.165, 1.54) is 0 Å². The monoisotopic (exact) mass is 309 g/mol. The number of hydrogen-bond acceptors (Lipinski definition) is 4. The van der Waals surface area contributed by atoms with E-state index in [0.29, 0.717) is 0 Å². The molecule has 0 spiro atoms. The first kappa shape index (κ1) is 18.0. The average molecular weight is 309 g/mol. The summed E-state index contributed by atoms with van der Waals surface area (Å²) in [5.41, 5.74) is 0.0615. The van der Waals surface area contributed by atoms with Crippen LogP contribution in [0.15, 0.2) is 30.3 Å². The number of hydrogen-bond donors (Lipinski definition) is 2. The standard InChI is InChI=1S/C16H23NO5/c1-16(2,3)22-15(21)17(13(9-10-18)14(19)20)11-12-7-5-4-6-8-12/h4-8,13,18H,9-11H2,1-3H3,(H,19,20). The Bertz CT molecular complexity index is 495. The molecule has 6 nitrogen and oxygen atoms in total. The second-order valence-corrected chi connectivity index (χ2v) is 5.96. The minimum absolute atomic E-state index is 0.0542. The predicted octanol–water partition coefficient (Wildman–Crippen LogP) is 2.26. The van der Waals surface area contributed by atoms with E-state index in [-0.39, 0.29) is 19.6 Å². The summed E-state index contributed by atoms with van der Waals surface area (Å²) in [7, 11) is 0. The molecule has 1 aromatic rings. The Morgan fingerprint density at radius 2 is 1.82 bits per heavy atom. The van der Waals surface area contributed by atoms with Gasteiger partial charge < -0.3 is 14.9 Å². The maximum atomic E-state index is 12.3. The molecule has 1 atom stereocenters. The van der Waals surface area contributed by atoms with Crippen LogP contribution in [-0.4, -0.2) is 45.4 Å². The highest BCUT2D eigenvalue weighted by Gasteiger charge is 2.32. The first-order valence-electron chi connectivity index (χ1n) is 7.12. The predicted molar refractivity (Wildman–Crippen MR) is 81.3 cm³/mol. The summed E-state index contributed by atoms with van der Waals surface area (Å²) < 4.78 is 5.29. The van der Waals surface area contributed by atoms with Gasteiger partial charge in [0.15, 0.2) is 0 Å². The van der Waals surface area contributed by atoms with Crippen molar-refractivity contribution >= 4 is 12.1 Å². The van der Waals surface area contributed by atoms with E-state index >= 15 is 0 Å². The van der Waals surface area contributed by atoms with E-state index in [1.54, 1.807) is 32.9 Å². The van der Waals surface area contributed by atoms with Crippen LogP contribution in [0.5, 0.6) is 0 Å². The molecule has 0 aromatic heterocycles. The van der Waals surface area contributed by atoms with Crippen molar-refractivity contribution in [3.05, 3.63) is 35.9 Å². The lowest BCUT2D eigenvalue weighted by molar-refractivity contribution is -0.144. The van der Waals surface area contributed by atoms with Crippen molar-refractivity contribution in [2.75, 3.05) is 6.61 Å². The SMILES string of the molecule is CC(C)(C)OC(=O)N(Cc1ccccc1)C(CCO)C(=O)O. The highest BCUT2D eigenvalue weighted by molar-refractivity contribution is 5.80. The van der Waals surface area contributed by atoms with E-state index in [2.05, 4.69) is 0 Å². The summed E-state index contributed by atoms with van der Waals surface area (Å²) in [6.07, 6.45) is -0.765. The molecule has 0 aliphatic heterocycles. The zero-order valence-electron chi connectivity index (χ0n) is 13.2. The molecule has 122 valence electrons. The molecule has 0 fully saturated rings. The molecule has 0 bridgehead atoms. The van der Waals surface area contributed by atoms with Gasteiger partial charge >= 0.3 is 12.1 Å². The van der Waals surface area contributed by atoms with Crippen molar-refractivity contribution in [2.24, 2.45) is 0 Å². The number of carbonyl (C=O) groups excluding carboxylic acids is 1. The molecule has 0 aliphatic carbocycles. The normalized spacial score (nSPS) is 12.5. The summed E-state index contributed by atoms with van der Waals surface area (Å²) in [6.45, 7) is 4.92. The van der Waals surface area contributed by atoms with E-state index in [4.69, 9.17) is 9.84 Å². The third kappa shape index (κ3) is 5.73. The zero-order valence-corrected chi connectivity index (χ0v) is 13.2. The molecule has 0 saturated carbocycles. The van der Waals surface area contributed by atoms with Crippen LogP contribution in [0.3, 0.4) is 0 Å². The van der Waals surface area contributed by atoms with Gasteiger partial charge in [-0.3, -0.25) is 4.90 Å². The number of carboxylic acid groups (broad SMARTS) is 1. The number of aliphatic hydroxyl groups is 1. The highest BCUT2D eigenvalue weighted by Crippen LogP contribution is 2.17. The Balaban J connectivity index is 3.02. The fourth-order valence-electron chi connectivity index (χ4n) is 1.94. The number of aliphatic carboxylic acids is 1. The Hall–Kier alpha value is -2.08. The molecular formula is C16H23NO5. The molecule has 0 heterocycles. The van der Waals surface area contributed by atoms with Crippen LogP contribution in [-0.2, 0) is 16.1 Å². The molecule has 1 rings (SSSR count). The average Bonchev–Trinajstić information content (AvgIpc) is 2.41. The van der Waals surface area contributed by atoms with Gasteiger partial charge in [0.2, 0.25) is 0 Å². The van der Waals surface area contributed by atoms with Gasteiger partial charge in [0.1, 0.15) is 11.6 Å². The van der Waals surface area contributed by atoms with Crippen LogP contribution in [0.2, 0.25) is 0 Å². The van der Waals surface area contributed by atoms with E-state index in [9.17, 15) is 14.7 Å². The molecule has 2 N–H and O–H groups in total. The number of amides is 1. The summed E-state index contributed by atoms with van der Waals surface area (Å²) in [6, 6.07) is 7.92. The number of carboxylic acids is 1. The second kappa shape index (κ2) is 7.79. The van der Waals surface area contributed by atoms with Crippen molar-refractivity contribution in [2.45, 2.75) is 45.4 Å². The summed E-state index contributed by atoms with van der Waals surface area (Å²) >= 11 is 0. The molecule has 0 saturated heterocycles. The van der Waals surface area contributed by atoms with Crippen LogP contribution in [0.25, 0.3) is 0 Å². The largest absolute Gasteiger partial charge is 0.480 e. The van der Waals surface area contributed by atoms with Crippen LogP contribution in [0, 0.1) is 0 Å². The summed E-state index contributed by atoms with van der Waals surface area (Å²) in [5.74, 6) is -1.17. The van der Waals surface area contributed by atoms with Crippen LogP contribution in [0.4, 0.5) is 4.79 Å². The fraction of sp³-hybridized carbons (Fsp3) is 0.500. The van der Waals surface area contributed by atoms with Gasteiger partial charge in [-0.1, -0.05) is 30.3 Å². The van der Waals surface area contributed by atoms with E-state index in [0.717, 1.165) is 10.5 Å². The molecular weight excluding hydrogens is 286 g/mol. The molecule has 1 amide bonds. The minimum atomic E-state index is -1.17. The first-order valence-corrected chi connectivity index (χ1v) is 7.12. The number of aliphatic hydroxyl groups excluding tert-OH is 1. The number of rotatable bonds is 6. The van der Waals surface area contributed by atoms with E-state index < -0.39 is 23.7 Å². The van der Waals surface area contributed by atoms with Crippen molar-refractivity contribution in [3.63, 3.8) is 0 Å². The molecule has 1 aromatic carbocycles. The van der Waals surface area contributed by atoms with Gasteiger partial charge in [-0.15, -0.1) is 0 Å². The Morgan fingerprint density at radius 3 is 2.27 bits per heavy atom. The smallest absolute Gasteiger partial charge is 0.411 e. The summed E-state index contributed by atoms with van der Waals surface area (Å²) in [4.78, 5) is 24.9. The lowest BCUT2D eigenvalue weighted by atomic mass is 10.1. The van der Waals surface area contributed by atoms with Crippen LogP contribution in [0.1, 0.15) is 32.8 Å². The third-order valence-electron chi connectivity index (χ3n) is 2.89. The zero-order chi connectivity index (χ0) is 16.8. The fourth-order valence-corrected chi connectivity index (χ4v) is 1.94. The molecule has 22 heavy (non-hydrogen) atoms. The Morgan fingerprint density at radius 1 is 1.23 bits per heavy atom. The van der Waals surface area contributed by atoms with Gasteiger partial charge in [-0.2, -0.15) is 0 Å². The maximum Gasteiger partial charge on any atom is 0.411 e. The minimum Gasteiger partial charge on any atom is -0.480 e. The number of benzene rings is 1. The topological polar surface area (TPSA) is 87.1 Å². The van der Waals surface area contributed by atoms with Crippen LogP contribution >= 0.6 is 0 Å². The number of ether oxygens (including phenoxy) is 1. The van der Waals surface area contributed by atoms with Gasteiger partial charge in [0.25, 0.3) is 0 Å². The second-order valence-electron chi connectivity index (χ2n) is 5.96. The first-order chi connectivity index (χ1) is 10.2. The van der Waals surface area contributed by atoms with Crippen molar-refractivity contribution in [1.82, 2.24) is 4.90 Å². The number of nitrogens with zero attached hydrogens (tertiary/aromatic N) is 1. The van der Waals surface area contributed by atoms with Crippen molar-refractivity contribution in [3.8, 4) is 0 Å². The molecule has 6 heteroatoms. The van der Waals surface area contributed by atoms with Crippen molar-refractivity contribution in [1.29, 1.82) is 0 Å². The van der Waals surface area contributed by atoms with Crippen molar-refractivity contribution < 1.29 is 24.5 Å². The highest BCUT2D eigenvalue weighted by atomic mass is 16.6. The molecule has 1 unspecified atom stereocenters. The summed E-state index contributed by atoms with van der Waals surface area (Å²) in [5, 5.41) is 18.4. The quantitative estimate of drug-likeness (QED) is 0.841. The lowest BCUT2D eigenvalue weighted by Crippen LogP contribution is -2.47. The molecule has 0 aliphatic rings. The third-order valence-corrected chi connectivity index (χ3v) is 2.89. The van der Waals surface area contributed by atoms with Gasteiger partial charge in [0, 0.05) is 19.6 Å². The molecule has 0 radical (unpaired) electrons. The van der Waals surface area contributed by atoms with Crippen LogP contribution < -0.4 is 0 Å². The Labute approximate surface area is 130 Å².